The molecule has 1 rings (SSSR count). The summed E-state index contributed by atoms with van der Waals surface area (Å²) in [6.45, 7) is 6.72. The van der Waals surface area contributed by atoms with Crippen LogP contribution in [-0.4, -0.2) is 23.0 Å². The van der Waals surface area contributed by atoms with E-state index in [1.165, 1.54) is 0 Å². The van der Waals surface area contributed by atoms with E-state index in [-0.39, 0.29) is 12.8 Å². The first-order chi connectivity index (χ1) is 10.5. The number of carboxylic acids is 1. The summed E-state index contributed by atoms with van der Waals surface area (Å²) in [5.74, 6) is -2.21. The number of carbonyl (C=O) groups excluding carboxylic acids is 2. The Bertz CT molecular complexity index is 499. The van der Waals surface area contributed by atoms with Crippen LogP contribution in [0.5, 0.6) is 0 Å². The Balaban J connectivity index is 0.000000980. The zero-order chi connectivity index (χ0) is 16.8. The Kier molecular flexibility index (Phi) is 10.6. The number of unbranched alkanes of at least 4 members (excludes halogenated alkanes) is 1. The van der Waals surface area contributed by atoms with Gasteiger partial charge in [-0.15, -0.1) is 0 Å². The van der Waals surface area contributed by atoms with Gasteiger partial charge in [0.1, 0.15) is 0 Å². The largest absolute Gasteiger partial charge is 0.481 e. The Morgan fingerprint density at radius 3 is 2.05 bits per heavy atom. The zero-order valence-corrected chi connectivity index (χ0v) is 12.4. The fourth-order valence-corrected chi connectivity index (χ4v) is 1.33. The molecular weight excluding hydrogens is 284 g/mol. The average Bonchev–Trinajstić information content (AvgIpc) is 2.52. The fraction of sp³-hybridized carbons (Fsp3) is 0.235. The van der Waals surface area contributed by atoms with Crippen LogP contribution in [0.2, 0.25) is 0 Å². The number of carboxylic acid groups (broad SMARTS) is 1. The lowest BCUT2D eigenvalue weighted by atomic mass is 10.2. The summed E-state index contributed by atoms with van der Waals surface area (Å²) in [6.07, 6.45) is 4.13. The third-order valence-electron chi connectivity index (χ3n) is 2.40. The van der Waals surface area contributed by atoms with Gasteiger partial charge < -0.3 is 9.84 Å². The molecule has 5 nitrogen and oxygen atoms in total. The van der Waals surface area contributed by atoms with E-state index in [2.05, 4.69) is 17.9 Å². The second-order valence-electron chi connectivity index (χ2n) is 4.20. The minimum atomic E-state index is -0.899. The van der Waals surface area contributed by atoms with Gasteiger partial charge in [0.25, 0.3) is 0 Å². The van der Waals surface area contributed by atoms with Crippen LogP contribution in [0.4, 0.5) is 0 Å². The monoisotopic (exact) mass is 304 g/mol. The SMILES string of the molecule is C=CC=C.O=C(O)CCCCC(=O)OC(=O)c1ccccc1. The predicted octanol–water partition coefficient (Wildman–Crippen LogP) is 3.37. The second-order valence-corrected chi connectivity index (χ2v) is 4.20. The van der Waals surface area contributed by atoms with E-state index in [0.29, 0.717) is 18.4 Å². The number of allylic oxidation sites excluding steroid dienone is 2. The summed E-state index contributed by atoms with van der Waals surface area (Å²) in [4.78, 5) is 33.0. The molecule has 0 bridgehead atoms. The molecule has 0 saturated heterocycles. The van der Waals surface area contributed by atoms with Gasteiger partial charge in [-0.1, -0.05) is 43.5 Å². The van der Waals surface area contributed by atoms with E-state index in [0.717, 1.165) is 0 Å². The summed E-state index contributed by atoms with van der Waals surface area (Å²) in [5.41, 5.74) is 0.316. The molecule has 0 amide bonds. The van der Waals surface area contributed by atoms with Crippen molar-refractivity contribution in [3.05, 3.63) is 61.2 Å². The van der Waals surface area contributed by atoms with Gasteiger partial charge in [-0.25, -0.2) is 4.79 Å². The minimum Gasteiger partial charge on any atom is -0.481 e. The molecule has 0 aromatic heterocycles. The number of benzene rings is 1. The number of carbonyl (C=O) groups is 3. The van der Waals surface area contributed by atoms with Crippen molar-refractivity contribution in [2.75, 3.05) is 0 Å². The summed E-state index contributed by atoms with van der Waals surface area (Å²) >= 11 is 0. The maximum absolute atomic E-state index is 11.5. The normalized spacial score (nSPS) is 8.91. The van der Waals surface area contributed by atoms with Gasteiger partial charge in [0.05, 0.1) is 5.56 Å². The number of ether oxygens (including phenoxy) is 1. The van der Waals surface area contributed by atoms with E-state index < -0.39 is 17.9 Å². The Morgan fingerprint density at radius 2 is 1.55 bits per heavy atom. The van der Waals surface area contributed by atoms with Gasteiger partial charge in [0.15, 0.2) is 0 Å². The number of esters is 2. The third-order valence-corrected chi connectivity index (χ3v) is 2.40. The lowest BCUT2D eigenvalue weighted by Gasteiger charge is -2.02. The van der Waals surface area contributed by atoms with Gasteiger partial charge in [-0.05, 0) is 25.0 Å². The molecule has 1 N–H and O–H groups in total. The van der Waals surface area contributed by atoms with Crippen LogP contribution in [0.1, 0.15) is 36.0 Å². The van der Waals surface area contributed by atoms with Crippen LogP contribution >= 0.6 is 0 Å². The van der Waals surface area contributed by atoms with Gasteiger partial charge >= 0.3 is 17.9 Å². The van der Waals surface area contributed by atoms with Crippen molar-refractivity contribution in [3.63, 3.8) is 0 Å². The highest BCUT2D eigenvalue weighted by Gasteiger charge is 2.12. The molecule has 22 heavy (non-hydrogen) atoms. The van der Waals surface area contributed by atoms with E-state index in [1.807, 2.05) is 0 Å². The molecule has 0 aliphatic heterocycles. The highest BCUT2D eigenvalue weighted by atomic mass is 16.6. The van der Waals surface area contributed by atoms with Gasteiger partial charge in [-0.2, -0.15) is 0 Å². The first kappa shape index (κ1) is 19.3. The maximum Gasteiger partial charge on any atom is 0.345 e. The summed E-state index contributed by atoms with van der Waals surface area (Å²) in [5, 5.41) is 8.40. The molecule has 5 heteroatoms. The fourth-order valence-electron chi connectivity index (χ4n) is 1.33. The standard InChI is InChI=1S/C13H14O5.C4H6/c14-11(15)8-4-5-9-12(16)18-13(17)10-6-2-1-3-7-10;1-3-4-2/h1-3,6-7H,4-5,8-9H2,(H,14,15);3-4H,1-2H2. The van der Waals surface area contributed by atoms with Crippen molar-refractivity contribution in [1.29, 1.82) is 0 Å². The minimum absolute atomic E-state index is 0.0138. The van der Waals surface area contributed by atoms with Crippen molar-refractivity contribution in [2.24, 2.45) is 0 Å². The third kappa shape index (κ3) is 10.1. The number of hydrogen-bond donors (Lipinski definition) is 1. The van der Waals surface area contributed by atoms with Crippen LogP contribution in [0.25, 0.3) is 0 Å². The number of aliphatic carboxylic acids is 1. The van der Waals surface area contributed by atoms with Crippen molar-refractivity contribution in [2.45, 2.75) is 25.7 Å². The number of hydrogen-bond acceptors (Lipinski definition) is 4. The molecule has 1 aromatic carbocycles. The van der Waals surface area contributed by atoms with Crippen LogP contribution < -0.4 is 0 Å². The van der Waals surface area contributed by atoms with E-state index in [9.17, 15) is 14.4 Å². The van der Waals surface area contributed by atoms with Gasteiger partial charge in [0.2, 0.25) is 0 Å². The topological polar surface area (TPSA) is 80.7 Å². The quantitative estimate of drug-likeness (QED) is 0.361. The average molecular weight is 304 g/mol. The van der Waals surface area contributed by atoms with Crippen LogP contribution in [-0.2, 0) is 14.3 Å². The van der Waals surface area contributed by atoms with Crippen molar-refractivity contribution in [3.8, 4) is 0 Å². The highest BCUT2D eigenvalue weighted by molar-refractivity contribution is 5.96. The van der Waals surface area contributed by atoms with E-state index in [4.69, 9.17) is 5.11 Å². The second kappa shape index (κ2) is 12.1. The van der Waals surface area contributed by atoms with Crippen LogP contribution in [0, 0.1) is 0 Å². The molecule has 0 saturated carbocycles. The Morgan fingerprint density at radius 1 is 1.00 bits per heavy atom. The molecule has 0 heterocycles. The van der Waals surface area contributed by atoms with Gasteiger partial charge in [0, 0.05) is 12.8 Å². The summed E-state index contributed by atoms with van der Waals surface area (Å²) in [6, 6.07) is 8.21. The van der Waals surface area contributed by atoms with Gasteiger partial charge in [-0.3, -0.25) is 9.59 Å². The van der Waals surface area contributed by atoms with Crippen molar-refractivity contribution >= 4 is 17.9 Å². The summed E-state index contributed by atoms with van der Waals surface area (Å²) in [7, 11) is 0. The lowest BCUT2D eigenvalue weighted by molar-refractivity contribution is -0.139. The predicted molar refractivity (Wildman–Crippen MR) is 83.4 cm³/mol. The zero-order valence-electron chi connectivity index (χ0n) is 12.4. The van der Waals surface area contributed by atoms with Crippen LogP contribution in [0.15, 0.2) is 55.6 Å². The molecule has 0 spiro atoms. The van der Waals surface area contributed by atoms with E-state index in [1.54, 1.807) is 42.5 Å². The molecule has 0 aliphatic rings. The van der Waals surface area contributed by atoms with Crippen LogP contribution in [0.3, 0.4) is 0 Å². The van der Waals surface area contributed by atoms with Crippen molar-refractivity contribution < 1.29 is 24.2 Å². The maximum atomic E-state index is 11.5. The molecule has 1 aromatic rings. The lowest BCUT2D eigenvalue weighted by Crippen LogP contribution is -2.12. The Hall–Kier alpha value is -2.69. The molecule has 118 valence electrons. The summed E-state index contributed by atoms with van der Waals surface area (Å²) < 4.78 is 4.62. The molecule has 0 aliphatic carbocycles. The van der Waals surface area contributed by atoms with Crippen molar-refractivity contribution in [1.82, 2.24) is 0 Å². The first-order valence-electron chi connectivity index (χ1n) is 6.76. The Labute approximate surface area is 129 Å². The molecule has 0 atom stereocenters. The molecule has 0 fully saturated rings. The van der Waals surface area contributed by atoms with E-state index >= 15 is 0 Å². The molecule has 0 radical (unpaired) electrons. The molecule has 0 unspecified atom stereocenters. The smallest absolute Gasteiger partial charge is 0.345 e. The number of rotatable bonds is 7. The molecular formula is C17H20O5. The first-order valence-corrected chi connectivity index (χ1v) is 6.76. The highest BCUT2D eigenvalue weighted by Crippen LogP contribution is 2.05.